The van der Waals surface area contributed by atoms with E-state index in [-0.39, 0.29) is 5.97 Å². The summed E-state index contributed by atoms with van der Waals surface area (Å²) in [5, 5.41) is 0.452. The summed E-state index contributed by atoms with van der Waals surface area (Å²) in [5.41, 5.74) is 5.96. The molecule has 0 radical (unpaired) electrons. The Labute approximate surface area is 120 Å². The molecule has 4 heteroatoms. The zero-order chi connectivity index (χ0) is 15.1. The van der Waals surface area contributed by atoms with Crippen LogP contribution in [-0.4, -0.2) is 13.1 Å². The third kappa shape index (κ3) is 5.23. The number of carbonyl (C=O) groups excluding carboxylic acids is 1. The van der Waals surface area contributed by atoms with Crippen molar-refractivity contribution in [3.8, 4) is 11.8 Å². The highest BCUT2D eigenvalue weighted by Gasteiger charge is 2.25. The van der Waals surface area contributed by atoms with Gasteiger partial charge in [0.1, 0.15) is 5.41 Å². The first kappa shape index (κ1) is 17.3. The highest BCUT2D eigenvalue weighted by atomic mass is 35.5. The van der Waals surface area contributed by atoms with Crippen LogP contribution in [0, 0.1) is 17.3 Å². The maximum atomic E-state index is 11.4. The number of halogens is 1. The van der Waals surface area contributed by atoms with Crippen LogP contribution in [0.15, 0.2) is 18.2 Å². The number of nitrogen functional groups attached to an aromatic ring is 1. The summed E-state index contributed by atoms with van der Waals surface area (Å²) in [6.45, 7) is 7.40. The normalized spacial score (nSPS) is 9.58. The number of ether oxygens (including phenoxy) is 1. The molecular formula is C15H20ClNO2. The Balaban J connectivity index is 0.00000154. The summed E-state index contributed by atoms with van der Waals surface area (Å²) in [4.78, 5) is 11.4. The van der Waals surface area contributed by atoms with E-state index in [9.17, 15) is 4.79 Å². The van der Waals surface area contributed by atoms with Gasteiger partial charge in [0.05, 0.1) is 17.8 Å². The predicted octanol–water partition coefficient (Wildman–Crippen LogP) is 3.50. The van der Waals surface area contributed by atoms with Crippen LogP contribution in [-0.2, 0) is 9.53 Å². The number of hydrogen-bond donors (Lipinski definition) is 1. The average molecular weight is 282 g/mol. The van der Waals surface area contributed by atoms with Crippen LogP contribution in [0.1, 0.15) is 33.3 Å². The summed E-state index contributed by atoms with van der Waals surface area (Å²) in [7, 11) is 1.34. The van der Waals surface area contributed by atoms with E-state index in [1.54, 1.807) is 32.0 Å². The molecule has 2 N–H and O–H groups in total. The van der Waals surface area contributed by atoms with Gasteiger partial charge in [-0.2, -0.15) is 0 Å². The van der Waals surface area contributed by atoms with Crippen LogP contribution in [0.3, 0.4) is 0 Å². The lowest BCUT2D eigenvalue weighted by atomic mass is 9.94. The Bertz CT molecular complexity index is 499. The van der Waals surface area contributed by atoms with Crippen LogP contribution in [0.4, 0.5) is 5.69 Å². The Morgan fingerprint density at radius 1 is 1.37 bits per heavy atom. The monoisotopic (exact) mass is 281 g/mol. The first-order chi connectivity index (χ1) is 8.86. The van der Waals surface area contributed by atoms with Crippen molar-refractivity contribution in [2.45, 2.75) is 27.7 Å². The molecule has 0 atom stereocenters. The standard InChI is InChI=1S/C13H14ClNO2.C2H6/c1-13(2,12(16)17-3)7-6-9-4-5-11(15)10(14)8-9;1-2/h4-5,8H,15H2,1-3H3;1-2H3. The molecule has 0 aliphatic carbocycles. The molecule has 0 bridgehead atoms. The van der Waals surface area contributed by atoms with Gasteiger partial charge in [0.15, 0.2) is 0 Å². The molecule has 0 saturated heterocycles. The number of hydrogen-bond acceptors (Lipinski definition) is 3. The number of carbonyl (C=O) groups is 1. The average Bonchev–Trinajstić information content (AvgIpc) is 2.41. The van der Waals surface area contributed by atoms with Gasteiger partial charge in [0, 0.05) is 5.56 Å². The maximum absolute atomic E-state index is 11.4. The van der Waals surface area contributed by atoms with Crippen LogP contribution in [0.25, 0.3) is 0 Å². The Hall–Kier alpha value is -1.66. The van der Waals surface area contributed by atoms with E-state index in [4.69, 9.17) is 17.3 Å². The molecule has 0 amide bonds. The van der Waals surface area contributed by atoms with Crippen molar-refractivity contribution in [1.82, 2.24) is 0 Å². The number of methoxy groups -OCH3 is 1. The van der Waals surface area contributed by atoms with Gasteiger partial charge in [-0.1, -0.05) is 37.3 Å². The molecule has 104 valence electrons. The molecule has 0 unspecified atom stereocenters. The van der Waals surface area contributed by atoms with E-state index in [1.165, 1.54) is 7.11 Å². The molecule has 0 aliphatic heterocycles. The van der Waals surface area contributed by atoms with Gasteiger partial charge in [-0.05, 0) is 32.0 Å². The van der Waals surface area contributed by atoms with Crippen molar-refractivity contribution in [3.63, 3.8) is 0 Å². The lowest BCUT2D eigenvalue weighted by Gasteiger charge is -2.13. The fourth-order valence-corrected chi connectivity index (χ4v) is 1.32. The van der Waals surface area contributed by atoms with Gasteiger partial charge in [0.25, 0.3) is 0 Å². The Morgan fingerprint density at radius 3 is 2.42 bits per heavy atom. The highest BCUT2D eigenvalue weighted by Crippen LogP contribution is 2.20. The lowest BCUT2D eigenvalue weighted by molar-refractivity contribution is -0.147. The van der Waals surface area contributed by atoms with E-state index >= 15 is 0 Å². The molecule has 3 nitrogen and oxygen atoms in total. The summed E-state index contributed by atoms with van der Waals surface area (Å²) in [5.74, 6) is 5.36. The minimum atomic E-state index is -0.845. The minimum Gasteiger partial charge on any atom is -0.468 e. The second kappa shape index (κ2) is 7.70. The lowest BCUT2D eigenvalue weighted by Crippen LogP contribution is -2.23. The van der Waals surface area contributed by atoms with Gasteiger partial charge >= 0.3 is 5.97 Å². The fourth-order valence-electron chi connectivity index (χ4n) is 1.14. The number of benzene rings is 1. The number of anilines is 1. The van der Waals surface area contributed by atoms with Gasteiger partial charge in [-0.3, -0.25) is 4.79 Å². The summed E-state index contributed by atoms with van der Waals surface area (Å²) in [6.07, 6.45) is 0. The van der Waals surface area contributed by atoms with Crippen LogP contribution < -0.4 is 5.73 Å². The Morgan fingerprint density at radius 2 is 1.95 bits per heavy atom. The molecule has 0 aromatic heterocycles. The quantitative estimate of drug-likeness (QED) is 0.487. The highest BCUT2D eigenvalue weighted by molar-refractivity contribution is 6.33. The zero-order valence-corrected chi connectivity index (χ0v) is 12.8. The van der Waals surface area contributed by atoms with Crippen molar-refractivity contribution in [2.75, 3.05) is 12.8 Å². The molecule has 1 aromatic carbocycles. The Kier molecular flexibility index (Phi) is 7.03. The van der Waals surface area contributed by atoms with Crippen LogP contribution >= 0.6 is 11.6 Å². The topological polar surface area (TPSA) is 52.3 Å². The van der Waals surface area contributed by atoms with Crippen molar-refractivity contribution < 1.29 is 9.53 Å². The maximum Gasteiger partial charge on any atom is 0.323 e. The molecular weight excluding hydrogens is 262 g/mol. The molecule has 1 rings (SSSR count). The third-order valence-electron chi connectivity index (χ3n) is 2.22. The fraction of sp³-hybridized carbons (Fsp3) is 0.400. The summed E-state index contributed by atoms with van der Waals surface area (Å²) < 4.78 is 4.66. The number of esters is 1. The van der Waals surface area contributed by atoms with Gasteiger partial charge in [-0.15, -0.1) is 0 Å². The zero-order valence-electron chi connectivity index (χ0n) is 12.0. The molecule has 0 saturated carbocycles. The van der Waals surface area contributed by atoms with Crippen LogP contribution in [0.2, 0.25) is 5.02 Å². The summed E-state index contributed by atoms with van der Waals surface area (Å²) >= 11 is 5.87. The molecule has 1 aromatic rings. The molecule has 19 heavy (non-hydrogen) atoms. The third-order valence-corrected chi connectivity index (χ3v) is 2.54. The molecule has 0 spiro atoms. The van der Waals surface area contributed by atoms with Gasteiger partial charge < -0.3 is 10.5 Å². The smallest absolute Gasteiger partial charge is 0.323 e. The van der Waals surface area contributed by atoms with Crippen molar-refractivity contribution >= 4 is 23.3 Å². The van der Waals surface area contributed by atoms with E-state index in [0.29, 0.717) is 16.3 Å². The number of rotatable bonds is 1. The predicted molar refractivity (Wildman–Crippen MR) is 79.9 cm³/mol. The van der Waals surface area contributed by atoms with Crippen molar-refractivity contribution in [1.29, 1.82) is 0 Å². The molecule has 0 aliphatic rings. The van der Waals surface area contributed by atoms with E-state index in [2.05, 4.69) is 16.6 Å². The van der Waals surface area contributed by atoms with E-state index in [1.807, 2.05) is 13.8 Å². The summed E-state index contributed by atoms with van der Waals surface area (Å²) in [6, 6.07) is 5.09. The number of nitrogens with two attached hydrogens (primary N) is 1. The first-order valence-corrected chi connectivity index (χ1v) is 6.41. The van der Waals surface area contributed by atoms with E-state index in [0.717, 1.165) is 0 Å². The second-order valence-electron chi connectivity index (χ2n) is 4.10. The first-order valence-electron chi connectivity index (χ1n) is 6.03. The minimum absolute atomic E-state index is 0.369. The SMILES string of the molecule is CC.COC(=O)C(C)(C)C#Cc1ccc(N)c(Cl)c1. The van der Waals surface area contributed by atoms with Gasteiger partial charge in [-0.25, -0.2) is 0 Å². The van der Waals surface area contributed by atoms with Gasteiger partial charge in [0.2, 0.25) is 0 Å². The van der Waals surface area contributed by atoms with Crippen molar-refractivity contribution in [2.24, 2.45) is 5.41 Å². The molecule has 0 heterocycles. The second-order valence-corrected chi connectivity index (χ2v) is 4.51. The largest absolute Gasteiger partial charge is 0.468 e. The molecule has 0 fully saturated rings. The van der Waals surface area contributed by atoms with E-state index < -0.39 is 5.41 Å². The van der Waals surface area contributed by atoms with Crippen LogP contribution in [0.5, 0.6) is 0 Å². The van der Waals surface area contributed by atoms with Crippen molar-refractivity contribution in [3.05, 3.63) is 28.8 Å².